The molecule has 0 N–H and O–H groups in total. The molecule has 0 atom stereocenters. The lowest BCUT2D eigenvalue weighted by Gasteiger charge is -2.56. The summed E-state index contributed by atoms with van der Waals surface area (Å²) in [5.74, 6) is 3.78. The van der Waals surface area contributed by atoms with Gasteiger partial charge in [0.15, 0.2) is 4.96 Å². The van der Waals surface area contributed by atoms with Crippen molar-refractivity contribution in [1.82, 2.24) is 9.38 Å². The Morgan fingerprint density at radius 2 is 1.81 bits per heavy atom. The number of fused-ring (bicyclic) bond motifs is 1. The molecule has 0 aliphatic heterocycles. The number of nitrogens with zero attached hydrogens (tertiary/aromatic N) is 2. The first kappa shape index (κ1) is 17.6. The van der Waals surface area contributed by atoms with Crippen LogP contribution >= 0.6 is 23.7 Å². The molecule has 27 heavy (non-hydrogen) atoms. The summed E-state index contributed by atoms with van der Waals surface area (Å²) < 4.78 is 7.73. The van der Waals surface area contributed by atoms with E-state index in [0.29, 0.717) is 5.41 Å². The van der Waals surface area contributed by atoms with Gasteiger partial charge in [0.1, 0.15) is 5.75 Å². The van der Waals surface area contributed by atoms with E-state index in [4.69, 9.17) is 9.72 Å². The number of hydrogen-bond donors (Lipinski definition) is 0. The summed E-state index contributed by atoms with van der Waals surface area (Å²) in [4.78, 5) is 6.27. The third kappa shape index (κ3) is 2.64. The van der Waals surface area contributed by atoms with E-state index in [1.165, 1.54) is 55.5 Å². The van der Waals surface area contributed by atoms with Crippen molar-refractivity contribution in [2.45, 2.75) is 43.9 Å². The van der Waals surface area contributed by atoms with Crippen LogP contribution in [-0.4, -0.2) is 16.5 Å². The Hall–Kier alpha value is -1.52. The molecule has 0 spiro atoms. The summed E-state index contributed by atoms with van der Waals surface area (Å²) in [6, 6.07) is 8.34. The summed E-state index contributed by atoms with van der Waals surface area (Å²) in [7, 11) is 1.73. The average Bonchev–Trinajstić information content (AvgIpc) is 3.21. The Labute approximate surface area is 170 Å². The maximum absolute atomic E-state index is 5.41. The summed E-state index contributed by atoms with van der Waals surface area (Å²) in [5.41, 5.74) is 4.16. The van der Waals surface area contributed by atoms with Gasteiger partial charge in [0.2, 0.25) is 0 Å². The second kappa shape index (κ2) is 6.25. The topological polar surface area (TPSA) is 26.5 Å². The van der Waals surface area contributed by atoms with Gasteiger partial charge in [0, 0.05) is 22.6 Å². The lowest BCUT2D eigenvalue weighted by Crippen LogP contribution is -2.48. The summed E-state index contributed by atoms with van der Waals surface area (Å²) in [6.07, 6.45) is 10.9. The summed E-state index contributed by atoms with van der Waals surface area (Å²) in [6.45, 7) is 0. The van der Waals surface area contributed by atoms with E-state index in [2.05, 4.69) is 34.2 Å². The SMILES string of the molecule is COc1cccc(-c2csc3nc(C45CC6CC(CC(C6)C4)C5)cn23)c1.Cl. The second-order valence-electron chi connectivity index (χ2n) is 8.83. The zero-order valence-electron chi connectivity index (χ0n) is 15.6. The molecule has 0 unspecified atom stereocenters. The van der Waals surface area contributed by atoms with Gasteiger partial charge in [0.25, 0.3) is 0 Å². The lowest BCUT2D eigenvalue weighted by atomic mass is 9.49. The van der Waals surface area contributed by atoms with E-state index in [1.54, 1.807) is 18.4 Å². The number of rotatable bonds is 3. The molecule has 1 aromatic carbocycles. The molecule has 0 radical (unpaired) electrons. The monoisotopic (exact) mass is 400 g/mol. The number of halogens is 1. The van der Waals surface area contributed by atoms with Gasteiger partial charge in [-0.05, 0) is 68.4 Å². The van der Waals surface area contributed by atoms with Crippen LogP contribution < -0.4 is 4.74 Å². The number of ether oxygens (including phenoxy) is 1. The molecule has 4 saturated carbocycles. The Balaban J connectivity index is 0.00000160. The standard InChI is InChI=1S/C22H24N2OS.ClH/c1-25-18-4-2-3-17(8-18)19-13-26-21-23-20(12-24(19)21)22-9-14-5-15(10-22)7-16(6-14)11-22;/h2-4,8,12-16H,5-7,9-11H2,1H3;1H. The fourth-order valence-corrected chi connectivity index (χ4v) is 7.34. The first-order valence-electron chi connectivity index (χ1n) is 9.84. The van der Waals surface area contributed by atoms with Gasteiger partial charge in [-0.25, -0.2) is 4.98 Å². The molecule has 2 aromatic heterocycles. The lowest BCUT2D eigenvalue weighted by molar-refractivity contribution is -0.00696. The van der Waals surface area contributed by atoms with Crippen molar-refractivity contribution in [3.63, 3.8) is 0 Å². The zero-order valence-corrected chi connectivity index (χ0v) is 17.2. The van der Waals surface area contributed by atoms with E-state index < -0.39 is 0 Å². The Kier molecular flexibility index (Phi) is 4.07. The molecular weight excluding hydrogens is 376 g/mol. The van der Waals surface area contributed by atoms with Crippen LogP contribution in [0.15, 0.2) is 35.8 Å². The maximum atomic E-state index is 5.41. The molecule has 5 heteroatoms. The van der Waals surface area contributed by atoms with E-state index in [0.717, 1.165) is 28.5 Å². The minimum absolute atomic E-state index is 0. The number of hydrogen-bond acceptors (Lipinski definition) is 3. The second-order valence-corrected chi connectivity index (χ2v) is 9.67. The molecule has 0 amide bonds. The Morgan fingerprint density at radius 1 is 1.11 bits per heavy atom. The zero-order chi connectivity index (χ0) is 17.3. The van der Waals surface area contributed by atoms with Crippen molar-refractivity contribution in [3.05, 3.63) is 41.5 Å². The predicted molar refractivity (Wildman–Crippen MR) is 112 cm³/mol. The molecule has 4 fully saturated rings. The van der Waals surface area contributed by atoms with Crippen molar-refractivity contribution in [1.29, 1.82) is 0 Å². The molecule has 4 bridgehead atoms. The number of imidazole rings is 1. The van der Waals surface area contributed by atoms with Crippen LogP contribution in [0.3, 0.4) is 0 Å². The molecule has 4 aliphatic carbocycles. The minimum Gasteiger partial charge on any atom is -0.497 e. The van der Waals surface area contributed by atoms with Crippen LogP contribution in [-0.2, 0) is 5.41 Å². The normalized spacial score (nSPS) is 31.2. The largest absolute Gasteiger partial charge is 0.497 e. The molecular formula is C22H25ClN2OS. The highest BCUT2D eigenvalue weighted by molar-refractivity contribution is 7.15. The molecule has 7 rings (SSSR count). The minimum atomic E-state index is 0. The van der Waals surface area contributed by atoms with Crippen molar-refractivity contribution < 1.29 is 4.74 Å². The van der Waals surface area contributed by atoms with Gasteiger partial charge >= 0.3 is 0 Å². The van der Waals surface area contributed by atoms with Gasteiger partial charge in [-0.2, -0.15) is 0 Å². The van der Waals surface area contributed by atoms with Crippen molar-refractivity contribution in [2.75, 3.05) is 7.11 Å². The molecule has 2 heterocycles. The Bertz CT molecular complexity index is 956. The van der Waals surface area contributed by atoms with Gasteiger partial charge in [-0.15, -0.1) is 23.7 Å². The third-order valence-electron chi connectivity index (χ3n) is 7.16. The van der Waals surface area contributed by atoms with E-state index >= 15 is 0 Å². The van der Waals surface area contributed by atoms with Crippen LogP contribution in [0.25, 0.3) is 16.2 Å². The van der Waals surface area contributed by atoms with Gasteiger partial charge in [0.05, 0.1) is 18.5 Å². The number of aromatic nitrogens is 2. The fourth-order valence-electron chi connectivity index (χ4n) is 6.45. The predicted octanol–water partition coefficient (Wildman–Crippen LogP) is 5.96. The van der Waals surface area contributed by atoms with Crippen LogP contribution in [0.2, 0.25) is 0 Å². The molecule has 3 nitrogen and oxygen atoms in total. The van der Waals surface area contributed by atoms with Crippen LogP contribution in [0, 0.1) is 17.8 Å². The van der Waals surface area contributed by atoms with Gasteiger partial charge in [-0.1, -0.05) is 12.1 Å². The molecule has 4 aliphatic rings. The maximum Gasteiger partial charge on any atom is 0.194 e. The van der Waals surface area contributed by atoms with Gasteiger partial charge < -0.3 is 4.74 Å². The third-order valence-corrected chi connectivity index (χ3v) is 8.00. The highest BCUT2D eigenvalue weighted by Gasteiger charge is 2.52. The highest BCUT2D eigenvalue weighted by Crippen LogP contribution is 2.60. The first-order chi connectivity index (χ1) is 12.7. The molecule has 0 saturated heterocycles. The summed E-state index contributed by atoms with van der Waals surface area (Å²) >= 11 is 1.76. The molecule has 142 valence electrons. The quantitative estimate of drug-likeness (QED) is 0.542. The van der Waals surface area contributed by atoms with Crippen LogP contribution in [0.4, 0.5) is 0 Å². The fraction of sp³-hybridized carbons (Fsp3) is 0.500. The smallest absolute Gasteiger partial charge is 0.194 e. The summed E-state index contributed by atoms with van der Waals surface area (Å²) in [5, 5.41) is 2.22. The van der Waals surface area contributed by atoms with E-state index in [9.17, 15) is 0 Å². The van der Waals surface area contributed by atoms with Crippen molar-refractivity contribution >= 4 is 28.7 Å². The van der Waals surface area contributed by atoms with Crippen LogP contribution in [0.5, 0.6) is 5.75 Å². The van der Waals surface area contributed by atoms with Crippen molar-refractivity contribution in [3.8, 4) is 17.0 Å². The van der Waals surface area contributed by atoms with E-state index in [1.807, 2.05) is 6.07 Å². The number of methoxy groups -OCH3 is 1. The molecule has 3 aromatic rings. The number of benzene rings is 1. The Morgan fingerprint density at radius 3 is 2.48 bits per heavy atom. The number of thiazole rings is 1. The van der Waals surface area contributed by atoms with Gasteiger partial charge in [-0.3, -0.25) is 4.40 Å². The first-order valence-corrected chi connectivity index (χ1v) is 10.7. The van der Waals surface area contributed by atoms with Crippen molar-refractivity contribution in [2.24, 2.45) is 17.8 Å². The average molecular weight is 401 g/mol. The van der Waals surface area contributed by atoms with E-state index in [-0.39, 0.29) is 12.4 Å². The van der Waals surface area contributed by atoms with Crippen LogP contribution in [0.1, 0.15) is 44.2 Å². The highest BCUT2D eigenvalue weighted by atomic mass is 35.5.